The first kappa shape index (κ1) is 24.7. The average molecular weight is 489 g/mol. The molecular formula is C29H36N4O3. The molecule has 0 aliphatic carbocycles. The van der Waals surface area contributed by atoms with Crippen LogP contribution in [0, 0.1) is 0 Å². The predicted molar refractivity (Wildman–Crippen MR) is 141 cm³/mol. The molecule has 2 aliphatic heterocycles. The van der Waals surface area contributed by atoms with Crippen molar-refractivity contribution < 1.29 is 14.3 Å². The number of hydrogen-bond donors (Lipinski definition) is 0. The number of benzene rings is 2. The van der Waals surface area contributed by atoms with E-state index in [1.807, 2.05) is 17.2 Å². The number of aromatic nitrogens is 1. The van der Waals surface area contributed by atoms with Crippen LogP contribution in [0.1, 0.15) is 24.0 Å². The molecule has 3 aromatic rings. The summed E-state index contributed by atoms with van der Waals surface area (Å²) in [6.07, 6.45) is 3.48. The van der Waals surface area contributed by atoms with E-state index in [1.54, 1.807) is 0 Å². The number of ether oxygens (including phenoxy) is 2. The second-order valence-corrected chi connectivity index (χ2v) is 9.86. The maximum atomic E-state index is 12.5. The third kappa shape index (κ3) is 6.40. The van der Waals surface area contributed by atoms with E-state index in [4.69, 9.17) is 9.47 Å². The van der Waals surface area contributed by atoms with Gasteiger partial charge in [0.05, 0.1) is 5.52 Å². The Bertz CT molecular complexity index is 1140. The summed E-state index contributed by atoms with van der Waals surface area (Å²) >= 11 is 0. The third-order valence-corrected chi connectivity index (χ3v) is 7.06. The molecule has 1 aromatic heterocycles. The standard InChI is InChI=1S/C29H36N4O3/c1-31(22-24-8-11-27-25(20-24)4-2-12-30-27)21-23-6-9-26(10-7-23)35-19-17-32-13-15-33(16-14-32)29(34)28-5-3-18-36-28/h2,4,6-12,20,28H,3,5,13-19,21-22H2,1H3. The third-order valence-electron chi connectivity index (χ3n) is 7.06. The lowest BCUT2D eigenvalue weighted by molar-refractivity contribution is -0.142. The van der Waals surface area contributed by atoms with Crippen molar-refractivity contribution in [1.82, 2.24) is 19.7 Å². The average Bonchev–Trinajstić information content (AvgIpc) is 3.45. The normalized spacial score (nSPS) is 18.7. The molecule has 190 valence electrons. The van der Waals surface area contributed by atoms with Gasteiger partial charge >= 0.3 is 0 Å². The van der Waals surface area contributed by atoms with Crippen molar-refractivity contribution in [2.75, 3.05) is 53.0 Å². The lowest BCUT2D eigenvalue weighted by Gasteiger charge is -2.35. The van der Waals surface area contributed by atoms with Gasteiger partial charge in [-0.1, -0.05) is 24.3 Å². The fraction of sp³-hybridized carbons (Fsp3) is 0.448. The largest absolute Gasteiger partial charge is 0.492 e. The topological polar surface area (TPSA) is 58.1 Å². The molecule has 36 heavy (non-hydrogen) atoms. The van der Waals surface area contributed by atoms with Crippen LogP contribution in [0.4, 0.5) is 0 Å². The summed E-state index contributed by atoms with van der Waals surface area (Å²) in [6.45, 7) is 7.32. The Morgan fingerprint density at radius 1 is 1.06 bits per heavy atom. The lowest BCUT2D eigenvalue weighted by Crippen LogP contribution is -2.52. The first-order chi connectivity index (χ1) is 17.6. The molecule has 2 aliphatic rings. The Balaban J connectivity index is 1.02. The number of carbonyl (C=O) groups excluding carboxylic acids is 1. The number of carbonyl (C=O) groups is 1. The molecule has 0 spiro atoms. The Morgan fingerprint density at radius 2 is 1.83 bits per heavy atom. The zero-order chi connectivity index (χ0) is 24.7. The Hall–Kier alpha value is -3.00. The summed E-state index contributed by atoms with van der Waals surface area (Å²) in [5, 5.41) is 1.18. The summed E-state index contributed by atoms with van der Waals surface area (Å²) < 4.78 is 11.5. The van der Waals surface area contributed by atoms with Gasteiger partial charge in [0.15, 0.2) is 0 Å². The van der Waals surface area contributed by atoms with Gasteiger partial charge in [-0.3, -0.25) is 19.6 Å². The van der Waals surface area contributed by atoms with Crippen LogP contribution >= 0.6 is 0 Å². The van der Waals surface area contributed by atoms with Crippen molar-refractivity contribution in [2.24, 2.45) is 0 Å². The van der Waals surface area contributed by atoms with Crippen LogP contribution in [0.15, 0.2) is 60.8 Å². The monoisotopic (exact) mass is 488 g/mol. The number of rotatable bonds is 9. The van der Waals surface area contributed by atoms with Gasteiger partial charge in [0.25, 0.3) is 5.91 Å². The maximum Gasteiger partial charge on any atom is 0.251 e. The van der Waals surface area contributed by atoms with Crippen LogP contribution < -0.4 is 4.74 Å². The first-order valence-corrected chi connectivity index (χ1v) is 13.0. The van der Waals surface area contributed by atoms with Gasteiger partial charge < -0.3 is 14.4 Å². The van der Waals surface area contributed by atoms with E-state index in [0.29, 0.717) is 6.61 Å². The Morgan fingerprint density at radius 3 is 2.61 bits per heavy atom. The minimum atomic E-state index is -0.209. The number of piperazine rings is 1. The van der Waals surface area contributed by atoms with E-state index in [9.17, 15) is 4.79 Å². The summed E-state index contributed by atoms with van der Waals surface area (Å²) in [6, 6.07) is 19.0. The van der Waals surface area contributed by atoms with Gasteiger partial charge in [0.2, 0.25) is 0 Å². The number of hydrogen-bond acceptors (Lipinski definition) is 6. The van der Waals surface area contributed by atoms with Crippen LogP contribution in [-0.2, 0) is 22.6 Å². The Kier molecular flexibility index (Phi) is 8.11. The molecule has 1 amide bonds. The van der Waals surface area contributed by atoms with Crippen molar-refractivity contribution in [1.29, 1.82) is 0 Å². The van der Waals surface area contributed by atoms with E-state index < -0.39 is 0 Å². The molecule has 2 saturated heterocycles. The zero-order valence-electron chi connectivity index (χ0n) is 21.1. The second kappa shape index (κ2) is 11.8. The second-order valence-electron chi connectivity index (χ2n) is 9.86. The number of pyridine rings is 1. The summed E-state index contributed by atoms with van der Waals surface area (Å²) in [4.78, 5) is 23.5. The molecule has 0 bridgehead atoms. The lowest BCUT2D eigenvalue weighted by atomic mass is 10.1. The van der Waals surface area contributed by atoms with Gasteiger partial charge in [-0.2, -0.15) is 0 Å². The molecule has 3 heterocycles. The molecule has 2 fully saturated rings. The molecular weight excluding hydrogens is 452 g/mol. The predicted octanol–water partition coefficient (Wildman–Crippen LogP) is 3.57. The van der Waals surface area contributed by atoms with Gasteiger partial charge in [-0.15, -0.1) is 0 Å². The van der Waals surface area contributed by atoms with E-state index in [-0.39, 0.29) is 12.0 Å². The smallest absolute Gasteiger partial charge is 0.251 e. The molecule has 0 radical (unpaired) electrons. The number of fused-ring (bicyclic) bond motifs is 1. The van der Waals surface area contributed by atoms with Crippen molar-refractivity contribution in [2.45, 2.75) is 32.0 Å². The molecule has 5 rings (SSSR count). The molecule has 2 aromatic carbocycles. The van der Waals surface area contributed by atoms with E-state index in [2.05, 4.69) is 70.4 Å². The number of amides is 1. The Labute approximate surface area is 213 Å². The van der Waals surface area contributed by atoms with Crippen molar-refractivity contribution in [3.63, 3.8) is 0 Å². The fourth-order valence-corrected chi connectivity index (χ4v) is 5.05. The summed E-state index contributed by atoms with van der Waals surface area (Å²) in [5.74, 6) is 1.07. The fourth-order valence-electron chi connectivity index (χ4n) is 5.05. The van der Waals surface area contributed by atoms with E-state index in [1.165, 1.54) is 16.5 Å². The van der Waals surface area contributed by atoms with Crippen LogP contribution in [0.3, 0.4) is 0 Å². The molecule has 0 saturated carbocycles. The molecule has 7 nitrogen and oxygen atoms in total. The van der Waals surface area contributed by atoms with Gasteiger partial charge in [-0.05, 0) is 61.3 Å². The SMILES string of the molecule is CN(Cc1ccc(OCCN2CCN(C(=O)C3CCCO3)CC2)cc1)Cc1ccc2ncccc2c1. The minimum Gasteiger partial charge on any atom is -0.492 e. The highest BCUT2D eigenvalue weighted by Gasteiger charge is 2.30. The minimum absolute atomic E-state index is 0.170. The molecule has 0 N–H and O–H groups in total. The van der Waals surface area contributed by atoms with Crippen LogP contribution in [0.2, 0.25) is 0 Å². The highest BCUT2D eigenvalue weighted by molar-refractivity contribution is 5.81. The molecule has 1 unspecified atom stereocenters. The van der Waals surface area contributed by atoms with Crippen LogP contribution in [-0.4, -0.2) is 84.7 Å². The zero-order valence-corrected chi connectivity index (χ0v) is 21.1. The molecule has 7 heteroatoms. The highest BCUT2D eigenvalue weighted by atomic mass is 16.5. The van der Waals surface area contributed by atoms with Gasteiger partial charge in [-0.25, -0.2) is 0 Å². The van der Waals surface area contributed by atoms with Crippen molar-refractivity contribution >= 4 is 16.8 Å². The van der Waals surface area contributed by atoms with Gasteiger partial charge in [0, 0.05) is 64.0 Å². The summed E-state index contributed by atoms with van der Waals surface area (Å²) in [7, 11) is 2.14. The van der Waals surface area contributed by atoms with E-state index in [0.717, 1.165) is 76.5 Å². The van der Waals surface area contributed by atoms with Crippen molar-refractivity contribution in [3.05, 3.63) is 71.9 Å². The maximum absolute atomic E-state index is 12.5. The van der Waals surface area contributed by atoms with Crippen LogP contribution in [0.5, 0.6) is 5.75 Å². The quantitative estimate of drug-likeness (QED) is 0.459. The first-order valence-electron chi connectivity index (χ1n) is 13.0. The van der Waals surface area contributed by atoms with Crippen LogP contribution in [0.25, 0.3) is 10.9 Å². The highest BCUT2D eigenvalue weighted by Crippen LogP contribution is 2.18. The van der Waals surface area contributed by atoms with Gasteiger partial charge in [0.1, 0.15) is 18.5 Å². The number of nitrogens with zero attached hydrogens (tertiary/aromatic N) is 4. The summed E-state index contributed by atoms with van der Waals surface area (Å²) in [5.41, 5.74) is 3.58. The molecule has 1 atom stereocenters. The van der Waals surface area contributed by atoms with Crippen molar-refractivity contribution in [3.8, 4) is 5.75 Å². The van der Waals surface area contributed by atoms with E-state index >= 15 is 0 Å².